The highest BCUT2D eigenvalue weighted by atomic mass is 35.5. The van der Waals surface area contributed by atoms with Crippen LogP contribution < -0.4 is 5.32 Å². The molecule has 0 atom stereocenters. The van der Waals surface area contributed by atoms with Gasteiger partial charge in [0.15, 0.2) is 0 Å². The molecule has 9 heteroatoms. The van der Waals surface area contributed by atoms with Crippen molar-refractivity contribution in [3.8, 4) is 0 Å². The molecule has 6 nitrogen and oxygen atoms in total. The Kier molecular flexibility index (Phi) is 3.87. The highest BCUT2D eigenvalue weighted by Crippen LogP contribution is 2.33. The standard InChI is InChI=1S/C16H8ClN3O3S2/c17-10-2-3-11(15-14(10)18-7-24-15)19-16(21)13-6-8-5-9(20(22)23)1-4-12(8)25-13/h1-7H,(H,19,21). The number of amides is 1. The maximum atomic E-state index is 12.6. The molecule has 0 aliphatic heterocycles. The smallest absolute Gasteiger partial charge is 0.270 e. The first-order chi connectivity index (χ1) is 12.0. The van der Waals surface area contributed by atoms with Gasteiger partial charge >= 0.3 is 0 Å². The molecule has 0 radical (unpaired) electrons. The van der Waals surface area contributed by atoms with Gasteiger partial charge in [-0.1, -0.05) is 11.6 Å². The number of non-ortho nitro benzene ring substituents is 1. The molecule has 0 fully saturated rings. The van der Waals surface area contributed by atoms with Crippen molar-refractivity contribution in [1.29, 1.82) is 0 Å². The molecule has 0 saturated heterocycles. The van der Waals surface area contributed by atoms with Crippen LogP contribution in [0.25, 0.3) is 20.3 Å². The fourth-order valence-electron chi connectivity index (χ4n) is 2.46. The highest BCUT2D eigenvalue weighted by molar-refractivity contribution is 7.21. The molecule has 124 valence electrons. The first-order valence-corrected chi connectivity index (χ1v) is 9.11. The monoisotopic (exact) mass is 389 g/mol. The molecule has 0 saturated carbocycles. The Morgan fingerprint density at radius 3 is 2.88 bits per heavy atom. The molecule has 0 aliphatic carbocycles. The van der Waals surface area contributed by atoms with Gasteiger partial charge in [-0.15, -0.1) is 22.7 Å². The predicted molar refractivity (Wildman–Crippen MR) is 101 cm³/mol. The minimum absolute atomic E-state index is 0.00123. The molecule has 25 heavy (non-hydrogen) atoms. The molecule has 1 amide bonds. The molecule has 0 spiro atoms. The lowest BCUT2D eigenvalue weighted by atomic mass is 10.2. The molecular weight excluding hydrogens is 382 g/mol. The summed E-state index contributed by atoms with van der Waals surface area (Å²) >= 11 is 8.77. The lowest BCUT2D eigenvalue weighted by molar-refractivity contribution is -0.384. The molecule has 0 aliphatic rings. The number of fused-ring (bicyclic) bond motifs is 2. The van der Waals surface area contributed by atoms with Crippen molar-refractivity contribution in [2.24, 2.45) is 0 Å². The van der Waals surface area contributed by atoms with Crippen molar-refractivity contribution in [2.75, 3.05) is 5.32 Å². The SMILES string of the molecule is O=C(Nc1ccc(Cl)c2ncsc12)c1cc2cc([N+](=O)[O-])ccc2s1. The first-order valence-electron chi connectivity index (χ1n) is 7.04. The van der Waals surface area contributed by atoms with Crippen LogP contribution in [-0.2, 0) is 0 Å². The van der Waals surface area contributed by atoms with Crippen LogP contribution in [0.1, 0.15) is 9.67 Å². The van der Waals surface area contributed by atoms with E-state index in [0.717, 1.165) is 9.40 Å². The second-order valence-corrected chi connectivity index (χ2v) is 7.51. The Labute approximate surface area is 153 Å². The molecule has 0 bridgehead atoms. The van der Waals surface area contributed by atoms with E-state index in [1.807, 2.05) is 0 Å². The topological polar surface area (TPSA) is 85.1 Å². The van der Waals surface area contributed by atoms with E-state index in [1.165, 1.54) is 34.8 Å². The number of nitro groups is 1. The Hall–Kier alpha value is -2.55. The van der Waals surface area contributed by atoms with Gasteiger partial charge in [0.25, 0.3) is 11.6 Å². The number of benzene rings is 2. The number of nitrogens with zero attached hydrogens (tertiary/aromatic N) is 2. The van der Waals surface area contributed by atoms with Crippen molar-refractivity contribution >= 4 is 71.9 Å². The number of anilines is 1. The Bertz CT molecular complexity index is 1150. The summed E-state index contributed by atoms with van der Waals surface area (Å²) in [6.07, 6.45) is 0. The number of thiazole rings is 1. The summed E-state index contributed by atoms with van der Waals surface area (Å²) in [6.45, 7) is 0. The summed E-state index contributed by atoms with van der Waals surface area (Å²) in [5.74, 6) is -0.277. The Morgan fingerprint density at radius 1 is 1.24 bits per heavy atom. The largest absolute Gasteiger partial charge is 0.320 e. The summed E-state index contributed by atoms with van der Waals surface area (Å²) < 4.78 is 1.62. The maximum absolute atomic E-state index is 12.6. The van der Waals surface area contributed by atoms with E-state index in [2.05, 4.69) is 10.3 Å². The number of aromatic nitrogens is 1. The molecule has 0 unspecified atom stereocenters. The second-order valence-electron chi connectivity index (χ2n) is 5.17. The van der Waals surface area contributed by atoms with Crippen molar-refractivity contribution in [3.05, 3.63) is 61.9 Å². The zero-order valence-corrected chi connectivity index (χ0v) is 14.7. The Morgan fingerprint density at radius 2 is 2.08 bits per heavy atom. The van der Waals surface area contributed by atoms with Gasteiger partial charge in [0.05, 0.1) is 30.7 Å². The number of carbonyl (C=O) groups excluding carboxylic acids is 1. The lowest BCUT2D eigenvalue weighted by Gasteiger charge is -2.05. The molecule has 4 rings (SSSR count). The van der Waals surface area contributed by atoms with Gasteiger partial charge in [0, 0.05) is 22.2 Å². The van der Waals surface area contributed by atoms with Crippen LogP contribution in [0.3, 0.4) is 0 Å². The third kappa shape index (κ3) is 2.84. The van der Waals surface area contributed by atoms with Crippen LogP contribution in [-0.4, -0.2) is 15.8 Å². The van der Waals surface area contributed by atoms with Crippen LogP contribution in [0, 0.1) is 10.1 Å². The van der Waals surface area contributed by atoms with E-state index in [9.17, 15) is 14.9 Å². The van der Waals surface area contributed by atoms with Crippen LogP contribution in [0.15, 0.2) is 41.9 Å². The van der Waals surface area contributed by atoms with E-state index >= 15 is 0 Å². The fourth-order valence-corrected chi connectivity index (χ4v) is 4.44. The van der Waals surface area contributed by atoms with Crippen LogP contribution in [0.5, 0.6) is 0 Å². The number of carbonyl (C=O) groups is 1. The number of hydrogen-bond acceptors (Lipinski definition) is 6. The van der Waals surface area contributed by atoms with E-state index < -0.39 is 4.92 Å². The van der Waals surface area contributed by atoms with Crippen LogP contribution >= 0.6 is 34.3 Å². The van der Waals surface area contributed by atoms with Gasteiger partial charge in [0.1, 0.15) is 5.52 Å². The van der Waals surface area contributed by atoms with Crippen molar-refractivity contribution in [2.45, 2.75) is 0 Å². The normalized spacial score (nSPS) is 11.1. The van der Waals surface area contributed by atoms with Gasteiger partial charge in [-0.2, -0.15) is 0 Å². The quantitative estimate of drug-likeness (QED) is 0.379. The van der Waals surface area contributed by atoms with Gasteiger partial charge in [-0.25, -0.2) is 4.98 Å². The number of rotatable bonds is 3. The van der Waals surface area contributed by atoms with E-state index in [4.69, 9.17) is 11.6 Å². The lowest BCUT2D eigenvalue weighted by Crippen LogP contribution is -2.10. The van der Waals surface area contributed by atoms with Crippen LogP contribution in [0.2, 0.25) is 5.02 Å². The maximum Gasteiger partial charge on any atom is 0.270 e. The molecule has 2 heterocycles. The average Bonchev–Trinajstić information content (AvgIpc) is 3.23. The predicted octanol–water partition coefficient (Wildman–Crippen LogP) is 5.32. The van der Waals surface area contributed by atoms with Crippen LogP contribution in [0.4, 0.5) is 11.4 Å². The minimum Gasteiger partial charge on any atom is -0.320 e. The summed E-state index contributed by atoms with van der Waals surface area (Å²) in [5.41, 5.74) is 2.96. The Balaban J connectivity index is 1.68. The van der Waals surface area contributed by atoms with Crippen molar-refractivity contribution in [3.63, 3.8) is 0 Å². The first kappa shape index (κ1) is 15.9. The summed E-state index contributed by atoms with van der Waals surface area (Å²) in [6, 6.07) is 9.62. The summed E-state index contributed by atoms with van der Waals surface area (Å²) in [5, 5.41) is 14.9. The average molecular weight is 390 g/mol. The number of halogens is 1. The number of nitrogens with one attached hydrogen (secondary N) is 1. The zero-order valence-electron chi connectivity index (χ0n) is 12.4. The molecular formula is C16H8ClN3O3S2. The van der Waals surface area contributed by atoms with Gasteiger partial charge in [-0.3, -0.25) is 14.9 Å². The number of thiophene rings is 1. The summed E-state index contributed by atoms with van der Waals surface area (Å²) in [7, 11) is 0. The van der Waals surface area contributed by atoms with Crippen molar-refractivity contribution < 1.29 is 9.72 Å². The molecule has 1 N–H and O–H groups in total. The van der Waals surface area contributed by atoms with E-state index in [0.29, 0.717) is 26.5 Å². The fraction of sp³-hybridized carbons (Fsp3) is 0. The van der Waals surface area contributed by atoms with E-state index in [-0.39, 0.29) is 11.6 Å². The molecule has 2 aromatic carbocycles. The number of hydrogen-bond donors (Lipinski definition) is 1. The molecule has 4 aromatic rings. The second kappa shape index (κ2) is 6.07. The molecule has 2 aromatic heterocycles. The van der Waals surface area contributed by atoms with E-state index in [1.54, 1.807) is 29.8 Å². The van der Waals surface area contributed by atoms with Gasteiger partial charge in [0.2, 0.25) is 0 Å². The van der Waals surface area contributed by atoms with Crippen molar-refractivity contribution in [1.82, 2.24) is 4.98 Å². The van der Waals surface area contributed by atoms with Gasteiger partial charge < -0.3 is 5.32 Å². The van der Waals surface area contributed by atoms with Gasteiger partial charge in [-0.05, 0) is 24.3 Å². The third-order valence-electron chi connectivity index (χ3n) is 3.62. The summed E-state index contributed by atoms with van der Waals surface area (Å²) in [4.78, 5) is 27.7. The minimum atomic E-state index is -0.453. The highest BCUT2D eigenvalue weighted by Gasteiger charge is 2.15. The third-order valence-corrected chi connectivity index (χ3v) is 5.90. The zero-order chi connectivity index (χ0) is 17.6. The number of nitro benzene ring substituents is 1.